The van der Waals surface area contributed by atoms with E-state index in [9.17, 15) is 19.8 Å². The van der Waals surface area contributed by atoms with Crippen molar-refractivity contribution in [1.29, 1.82) is 0 Å². The second-order valence-electron chi connectivity index (χ2n) is 7.54. The van der Waals surface area contributed by atoms with E-state index in [1.54, 1.807) is 20.8 Å². The summed E-state index contributed by atoms with van der Waals surface area (Å²) in [6, 6.07) is 9.29. The molecule has 0 saturated carbocycles. The topological polar surface area (TPSA) is 98.7 Å². The molecular formula is C18H26N2O5. The zero-order valence-electron chi connectivity index (χ0n) is 14.9. The first-order chi connectivity index (χ1) is 11.7. The number of nitrogens with one attached hydrogen (secondary N) is 1. The molecule has 1 heterocycles. The number of benzene rings is 1. The molecule has 1 aromatic carbocycles. The molecule has 7 nitrogen and oxygen atoms in total. The second kappa shape index (κ2) is 7.41. The van der Waals surface area contributed by atoms with Gasteiger partial charge in [0.15, 0.2) is 0 Å². The Balaban J connectivity index is 1.88. The number of rotatable bonds is 4. The molecule has 0 spiro atoms. The van der Waals surface area contributed by atoms with Crippen LogP contribution in [0.3, 0.4) is 0 Å². The number of amides is 2. The van der Waals surface area contributed by atoms with Gasteiger partial charge >= 0.3 is 6.09 Å². The molecule has 2 N–H and O–H groups in total. The van der Waals surface area contributed by atoms with Gasteiger partial charge in [0, 0.05) is 6.54 Å². The quantitative estimate of drug-likeness (QED) is 0.785. The van der Waals surface area contributed by atoms with Crippen LogP contribution in [-0.4, -0.2) is 53.1 Å². The number of ether oxygens (including phenoxy) is 1. The van der Waals surface area contributed by atoms with E-state index in [1.807, 2.05) is 30.3 Å². The van der Waals surface area contributed by atoms with E-state index in [2.05, 4.69) is 5.32 Å². The monoisotopic (exact) mass is 350 g/mol. The molecule has 1 saturated heterocycles. The maximum Gasteiger partial charge on any atom is 0.407 e. The van der Waals surface area contributed by atoms with Crippen molar-refractivity contribution in [3.8, 4) is 0 Å². The molecule has 25 heavy (non-hydrogen) atoms. The van der Waals surface area contributed by atoms with Gasteiger partial charge in [0.05, 0.1) is 18.0 Å². The summed E-state index contributed by atoms with van der Waals surface area (Å²) in [6.45, 7) is 5.99. The Morgan fingerprint density at radius 3 is 2.44 bits per heavy atom. The number of carbonyl (C=O) groups excluding carboxylic acids is 2. The molecule has 1 unspecified atom stereocenters. The molecule has 1 fully saturated rings. The third-order valence-corrected chi connectivity index (χ3v) is 4.94. The van der Waals surface area contributed by atoms with Crippen LogP contribution < -0.4 is 10.4 Å². The number of nitrogens with zero attached hydrogens (tertiary/aromatic N) is 1. The van der Waals surface area contributed by atoms with Gasteiger partial charge in [-0.25, -0.2) is 4.79 Å². The van der Waals surface area contributed by atoms with Crippen molar-refractivity contribution in [3.63, 3.8) is 0 Å². The van der Waals surface area contributed by atoms with Crippen LogP contribution in [0.1, 0.15) is 26.3 Å². The Bertz CT molecular complexity index is 614. The number of hydrogen-bond acceptors (Lipinski definition) is 5. The molecule has 3 atom stereocenters. The molecule has 0 aliphatic carbocycles. The van der Waals surface area contributed by atoms with Crippen molar-refractivity contribution in [2.45, 2.75) is 39.0 Å². The van der Waals surface area contributed by atoms with Gasteiger partial charge in [-0.15, -0.1) is 0 Å². The SMILES string of the molecule is CC(C)(C)[N+]1(C(=O)[O-])C[C@@H](CNC(=O)OCc2ccccc2)[C@@H](O)C1. The minimum Gasteiger partial charge on any atom is -0.498 e. The highest BCUT2D eigenvalue weighted by molar-refractivity contribution is 5.67. The molecule has 138 valence electrons. The van der Waals surface area contributed by atoms with Crippen LogP contribution in [0.15, 0.2) is 30.3 Å². The standard InChI is InChI=1S/C18H26N2O5/c1-18(2,3)20(17(23)24)10-14(15(21)11-20)9-19-16(22)25-12-13-7-5-4-6-8-13/h4-8,14-15,21H,9-12H2,1-3H3,(H-,19,22,23,24)/t14-,15+,20?/m1/s1. The summed E-state index contributed by atoms with van der Waals surface area (Å²) < 4.78 is 4.79. The highest BCUT2D eigenvalue weighted by Crippen LogP contribution is 2.33. The van der Waals surface area contributed by atoms with Crippen LogP contribution in [0.4, 0.5) is 9.59 Å². The van der Waals surface area contributed by atoms with Crippen LogP contribution >= 0.6 is 0 Å². The van der Waals surface area contributed by atoms with Gasteiger partial charge in [-0.2, -0.15) is 0 Å². The van der Waals surface area contributed by atoms with Crippen molar-refractivity contribution < 1.29 is 29.0 Å². The largest absolute Gasteiger partial charge is 0.498 e. The summed E-state index contributed by atoms with van der Waals surface area (Å²) in [5, 5.41) is 24.6. The van der Waals surface area contributed by atoms with Crippen molar-refractivity contribution in [1.82, 2.24) is 5.32 Å². The van der Waals surface area contributed by atoms with Crippen LogP contribution in [0.5, 0.6) is 0 Å². The lowest BCUT2D eigenvalue weighted by atomic mass is 10.0. The Morgan fingerprint density at radius 2 is 1.92 bits per heavy atom. The molecule has 1 aromatic rings. The number of alkyl carbamates (subject to hydrolysis) is 1. The van der Waals surface area contributed by atoms with Gasteiger partial charge in [0.1, 0.15) is 19.3 Å². The van der Waals surface area contributed by atoms with Crippen LogP contribution in [-0.2, 0) is 11.3 Å². The van der Waals surface area contributed by atoms with E-state index >= 15 is 0 Å². The number of carbonyl (C=O) groups is 2. The normalized spacial score (nSPS) is 26.2. The fourth-order valence-electron chi connectivity index (χ4n) is 3.22. The predicted octanol–water partition coefficient (Wildman–Crippen LogP) is 0.862. The average molecular weight is 350 g/mol. The van der Waals surface area contributed by atoms with E-state index in [0.29, 0.717) is 0 Å². The molecule has 2 amide bonds. The van der Waals surface area contributed by atoms with Crippen LogP contribution in [0, 0.1) is 5.92 Å². The number of aliphatic hydroxyl groups excluding tert-OH is 1. The maximum atomic E-state index is 11.8. The molecule has 1 aliphatic heterocycles. The van der Waals surface area contributed by atoms with Gasteiger partial charge in [0.25, 0.3) is 6.09 Å². The van der Waals surface area contributed by atoms with E-state index in [4.69, 9.17) is 4.74 Å². The number of carboxylic acid groups (broad SMARTS) is 1. The Morgan fingerprint density at radius 1 is 1.28 bits per heavy atom. The van der Waals surface area contributed by atoms with Gasteiger partial charge in [-0.3, -0.25) is 4.48 Å². The Labute approximate surface area is 147 Å². The van der Waals surface area contributed by atoms with E-state index < -0.39 is 23.8 Å². The highest BCUT2D eigenvalue weighted by atomic mass is 16.5. The van der Waals surface area contributed by atoms with Crippen molar-refractivity contribution in [2.24, 2.45) is 5.92 Å². The Hall–Kier alpha value is -2.12. The Kier molecular flexibility index (Phi) is 5.69. The zero-order chi connectivity index (χ0) is 18.7. The van der Waals surface area contributed by atoms with Gasteiger partial charge < -0.3 is 25.1 Å². The average Bonchev–Trinajstić information content (AvgIpc) is 2.90. The summed E-state index contributed by atoms with van der Waals surface area (Å²) in [5.74, 6) is -0.374. The first-order valence-electron chi connectivity index (χ1n) is 8.37. The third kappa shape index (κ3) is 4.29. The summed E-state index contributed by atoms with van der Waals surface area (Å²) in [5.41, 5.74) is 0.265. The van der Waals surface area contributed by atoms with Crippen LogP contribution in [0.2, 0.25) is 0 Å². The lowest BCUT2D eigenvalue weighted by molar-refractivity contribution is -0.911. The van der Waals surface area contributed by atoms with Gasteiger partial charge in [0.2, 0.25) is 0 Å². The minimum absolute atomic E-state index is 0.0667. The smallest absolute Gasteiger partial charge is 0.407 e. The van der Waals surface area contributed by atoms with E-state index in [0.717, 1.165) is 5.56 Å². The zero-order valence-corrected chi connectivity index (χ0v) is 14.9. The fraction of sp³-hybridized carbons (Fsp3) is 0.556. The molecule has 1 aliphatic rings. The fourth-order valence-corrected chi connectivity index (χ4v) is 3.22. The molecule has 7 heteroatoms. The third-order valence-electron chi connectivity index (χ3n) is 4.94. The molecule has 0 radical (unpaired) electrons. The van der Waals surface area contributed by atoms with Gasteiger partial charge in [-0.1, -0.05) is 30.3 Å². The lowest BCUT2D eigenvalue weighted by Crippen LogP contribution is -2.67. The van der Waals surface area contributed by atoms with E-state index in [-0.39, 0.29) is 36.6 Å². The molecule has 0 bridgehead atoms. The minimum atomic E-state index is -1.21. The number of quaternary nitrogens is 1. The molecular weight excluding hydrogens is 324 g/mol. The molecule has 2 rings (SSSR count). The summed E-state index contributed by atoms with van der Waals surface area (Å²) in [4.78, 5) is 23.5. The van der Waals surface area contributed by atoms with Gasteiger partial charge in [-0.05, 0) is 26.3 Å². The van der Waals surface area contributed by atoms with E-state index in [1.165, 1.54) is 0 Å². The second-order valence-corrected chi connectivity index (χ2v) is 7.54. The maximum absolute atomic E-state index is 11.8. The summed E-state index contributed by atoms with van der Waals surface area (Å²) in [7, 11) is 0. The number of aliphatic hydroxyl groups is 1. The van der Waals surface area contributed by atoms with Crippen molar-refractivity contribution in [2.75, 3.05) is 19.6 Å². The lowest BCUT2D eigenvalue weighted by Gasteiger charge is -2.45. The molecule has 0 aromatic heterocycles. The van der Waals surface area contributed by atoms with Crippen molar-refractivity contribution in [3.05, 3.63) is 35.9 Å². The summed E-state index contributed by atoms with van der Waals surface area (Å²) in [6.07, 6.45) is -2.63. The number of likely N-dealkylation sites (tertiary alicyclic amines) is 1. The highest BCUT2D eigenvalue weighted by Gasteiger charge is 2.52. The first kappa shape index (κ1) is 19.2. The van der Waals surface area contributed by atoms with Crippen molar-refractivity contribution >= 4 is 12.2 Å². The van der Waals surface area contributed by atoms with Crippen LogP contribution in [0.25, 0.3) is 0 Å². The predicted molar refractivity (Wildman–Crippen MR) is 89.3 cm³/mol. The first-order valence-corrected chi connectivity index (χ1v) is 8.37. The number of hydrogen-bond donors (Lipinski definition) is 2. The summed E-state index contributed by atoms with van der Waals surface area (Å²) >= 11 is 0.